The van der Waals surface area contributed by atoms with Crippen LogP contribution in [-0.2, 0) is 14.2 Å². The van der Waals surface area contributed by atoms with E-state index < -0.39 is 5.60 Å². The highest BCUT2D eigenvalue weighted by Gasteiger charge is 2.19. The van der Waals surface area contributed by atoms with Gasteiger partial charge in [0.05, 0.1) is 18.1 Å². The van der Waals surface area contributed by atoms with Gasteiger partial charge in [0.15, 0.2) is 6.29 Å². The van der Waals surface area contributed by atoms with Crippen molar-refractivity contribution in [2.45, 2.75) is 39.1 Å². The molecule has 122 valence electrons. The van der Waals surface area contributed by atoms with E-state index in [2.05, 4.69) is 16.8 Å². The lowest BCUT2D eigenvalue weighted by atomic mass is 10.2. The molecule has 0 aromatic carbocycles. The van der Waals surface area contributed by atoms with Gasteiger partial charge in [0.1, 0.15) is 5.60 Å². The maximum absolute atomic E-state index is 11.5. The van der Waals surface area contributed by atoms with Gasteiger partial charge in [-0.05, 0) is 44.2 Å². The monoisotopic (exact) mass is 325 g/mol. The Bertz CT molecular complexity index is 512. The van der Waals surface area contributed by atoms with Crippen LogP contribution in [0.5, 0.6) is 0 Å². The molecule has 1 N–H and O–H groups in total. The Morgan fingerprint density at radius 2 is 2.18 bits per heavy atom. The molecule has 0 atom stereocenters. The molecule has 1 saturated heterocycles. The zero-order valence-corrected chi connectivity index (χ0v) is 14.1. The van der Waals surface area contributed by atoms with E-state index in [1.54, 1.807) is 11.3 Å². The third-order valence-corrected chi connectivity index (χ3v) is 3.76. The first kappa shape index (κ1) is 17.0. The molecular formula is C16H23NO4S. The van der Waals surface area contributed by atoms with Crippen LogP contribution in [0, 0.1) is 0 Å². The van der Waals surface area contributed by atoms with Gasteiger partial charge in [-0.1, -0.05) is 12.2 Å². The van der Waals surface area contributed by atoms with E-state index in [9.17, 15) is 4.79 Å². The maximum Gasteiger partial charge on any atom is 0.407 e. The molecular weight excluding hydrogens is 302 g/mol. The smallest absolute Gasteiger partial charge is 0.407 e. The zero-order chi connectivity index (χ0) is 16.0. The van der Waals surface area contributed by atoms with Crippen LogP contribution in [0.3, 0.4) is 0 Å². The average Bonchev–Trinajstić information content (AvgIpc) is 3.06. The molecule has 1 aliphatic heterocycles. The SMILES string of the molecule is CC(C)(C)OC(=O)NCCC=Cc1csc(C2OCCO2)c1. The third-order valence-electron chi connectivity index (χ3n) is 2.78. The van der Waals surface area contributed by atoms with Crippen LogP contribution in [0.15, 0.2) is 17.5 Å². The summed E-state index contributed by atoms with van der Waals surface area (Å²) in [6, 6.07) is 2.07. The number of alkyl carbamates (subject to hydrolysis) is 1. The molecule has 2 rings (SSSR count). The summed E-state index contributed by atoms with van der Waals surface area (Å²) in [6.45, 7) is 7.40. The number of rotatable bonds is 5. The van der Waals surface area contributed by atoms with Gasteiger partial charge in [-0.3, -0.25) is 0 Å². The molecule has 0 aliphatic carbocycles. The van der Waals surface area contributed by atoms with E-state index in [0.717, 1.165) is 16.9 Å². The van der Waals surface area contributed by atoms with Gasteiger partial charge >= 0.3 is 6.09 Å². The minimum absolute atomic E-state index is 0.207. The Kier molecular flexibility index (Phi) is 5.99. The predicted octanol–water partition coefficient (Wildman–Crippen LogP) is 3.72. The van der Waals surface area contributed by atoms with E-state index in [1.807, 2.05) is 32.9 Å². The predicted molar refractivity (Wildman–Crippen MR) is 86.9 cm³/mol. The van der Waals surface area contributed by atoms with E-state index >= 15 is 0 Å². The molecule has 1 aliphatic rings. The van der Waals surface area contributed by atoms with E-state index in [1.165, 1.54) is 0 Å². The van der Waals surface area contributed by atoms with Crippen molar-refractivity contribution in [3.8, 4) is 0 Å². The average molecular weight is 325 g/mol. The summed E-state index contributed by atoms with van der Waals surface area (Å²) in [7, 11) is 0. The number of amides is 1. The number of carbonyl (C=O) groups is 1. The second kappa shape index (κ2) is 7.76. The van der Waals surface area contributed by atoms with Gasteiger partial charge in [-0.25, -0.2) is 4.79 Å². The quantitative estimate of drug-likeness (QED) is 0.838. The molecule has 1 amide bonds. The molecule has 1 fully saturated rings. The number of nitrogens with one attached hydrogen (secondary N) is 1. The zero-order valence-electron chi connectivity index (χ0n) is 13.3. The minimum atomic E-state index is -0.461. The highest BCUT2D eigenvalue weighted by molar-refractivity contribution is 7.10. The van der Waals surface area contributed by atoms with Crippen LogP contribution >= 0.6 is 11.3 Å². The molecule has 0 spiro atoms. The number of carbonyl (C=O) groups excluding carboxylic acids is 1. The Hall–Kier alpha value is -1.37. The normalized spacial score (nSPS) is 16.3. The lowest BCUT2D eigenvalue weighted by Gasteiger charge is -2.19. The molecule has 1 aromatic heterocycles. The van der Waals surface area contributed by atoms with Gasteiger partial charge in [0.25, 0.3) is 0 Å². The minimum Gasteiger partial charge on any atom is -0.444 e. The summed E-state index contributed by atoms with van der Waals surface area (Å²) in [4.78, 5) is 12.5. The van der Waals surface area contributed by atoms with E-state index in [-0.39, 0.29) is 12.4 Å². The second-order valence-corrected chi connectivity index (χ2v) is 6.92. The van der Waals surface area contributed by atoms with Crippen molar-refractivity contribution in [2.75, 3.05) is 19.8 Å². The molecule has 0 unspecified atom stereocenters. The fourth-order valence-corrected chi connectivity index (χ4v) is 2.76. The summed E-state index contributed by atoms with van der Waals surface area (Å²) >= 11 is 1.63. The molecule has 1 aromatic rings. The second-order valence-electron chi connectivity index (χ2n) is 5.98. The Labute approximate surface area is 135 Å². The number of hydrogen-bond donors (Lipinski definition) is 1. The van der Waals surface area contributed by atoms with Crippen LogP contribution in [0.25, 0.3) is 6.08 Å². The molecule has 2 heterocycles. The van der Waals surface area contributed by atoms with Gasteiger partial charge in [0.2, 0.25) is 0 Å². The van der Waals surface area contributed by atoms with Crippen molar-refractivity contribution >= 4 is 23.5 Å². The van der Waals surface area contributed by atoms with Crippen LogP contribution in [0.1, 0.15) is 43.9 Å². The lowest BCUT2D eigenvalue weighted by molar-refractivity contribution is -0.0413. The summed E-state index contributed by atoms with van der Waals surface area (Å²) in [5.41, 5.74) is 0.661. The van der Waals surface area contributed by atoms with Crippen LogP contribution in [-0.4, -0.2) is 31.5 Å². The fraction of sp³-hybridized carbons (Fsp3) is 0.562. The first-order valence-electron chi connectivity index (χ1n) is 7.39. The van der Waals surface area contributed by atoms with Gasteiger partial charge in [0, 0.05) is 6.54 Å². The van der Waals surface area contributed by atoms with Gasteiger partial charge < -0.3 is 19.5 Å². The molecule has 5 nitrogen and oxygen atoms in total. The Morgan fingerprint density at radius 3 is 2.86 bits per heavy atom. The standard InChI is InChI=1S/C16H23NO4S/c1-16(2,3)21-15(18)17-7-5-4-6-12-10-13(22-11-12)14-19-8-9-20-14/h4,6,10-11,14H,5,7-9H2,1-3H3,(H,17,18). The van der Waals surface area contributed by atoms with Gasteiger partial charge in [-0.15, -0.1) is 11.3 Å². The van der Waals surface area contributed by atoms with Crippen molar-refractivity contribution in [1.82, 2.24) is 5.32 Å². The van der Waals surface area contributed by atoms with E-state index in [4.69, 9.17) is 14.2 Å². The van der Waals surface area contributed by atoms with Gasteiger partial charge in [-0.2, -0.15) is 0 Å². The Morgan fingerprint density at radius 1 is 1.45 bits per heavy atom. The molecule has 22 heavy (non-hydrogen) atoms. The molecule has 0 saturated carbocycles. The fourth-order valence-electron chi connectivity index (χ4n) is 1.89. The van der Waals surface area contributed by atoms with Crippen LogP contribution in [0.4, 0.5) is 4.79 Å². The first-order valence-corrected chi connectivity index (χ1v) is 8.27. The summed E-state index contributed by atoms with van der Waals surface area (Å²) < 4.78 is 16.1. The summed E-state index contributed by atoms with van der Waals surface area (Å²) in [5, 5.41) is 4.79. The number of hydrogen-bond acceptors (Lipinski definition) is 5. The number of ether oxygens (including phenoxy) is 3. The molecule has 6 heteroatoms. The summed E-state index contributed by atoms with van der Waals surface area (Å²) in [5.74, 6) is 0. The maximum atomic E-state index is 11.5. The summed E-state index contributed by atoms with van der Waals surface area (Å²) in [6.07, 6.45) is 4.22. The lowest BCUT2D eigenvalue weighted by Crippen LogP contribution is -2.32. The van der Waals surface area contributed by atoms with Crippen LogP contribution in [0.2, 0.25) is 0 Å². The third kappa shape index (κ3) is 5.79. The van der Waals surface area contributed by atoms with Crippen molar-refractivity contribution in [2.24, 2.45) is 0 Å². The topological polar surface area (TPSA) is 56.8 Å². The largest absolute Gasteiger partial charge is 0.444 e. The van der Waals surface area contributed by atoms with E-state index in [0.29, 0.717) is 19.8 Å². The molecule has 0 radical (unpaired) electrons. The highest BCUT2D eigenvalue weighted by Crippen LogP contribution is 2.29. The first-order chi connectivity index (χ1) is 10.4. The number of thiophene rings is 1. The van der Waals surface area contributed by atoms with Crippen LogP contribution < -0.4 is 5.32 Å². The van der Waals surface area contributed by atoms with Crippen molar-refractivity contribution in [3.05, 3.63) is 28.0 Å². The van der Waals surface area contributed by atoms with Crippen molar-refractivity contribution in [3.63, 3.8) is 0 Å². The van der Waals surface area contributed by atoms with Crippen molar-refractivity contribution in [1.29, 1.82) is 0 Å². The highest BCUT2D eigenvalue weighted by atomic mass is 32.1. The Balaban J connectivity index is 1.68. The van der Waals surface area contributed by atoms with Crippen molar-refractivity contribution < 1.29 is 19.0 Å². The molecule has 0 bridgehead atoms.